The first-order chi connectivity index (χ1) is 14.2. The smallest absolute Gasteiger partial charge is 0.222 e. The quantitative estimate of drug-likeness (QED) is 0.678. The number of hydrogen-bond acceptors (Lipinski definition) is 4. The van der Waals surface area contributed by atoms with Crippen molar-refractivity contribution in [2.24, 2.45) is 0 Å². The van der Waals surface area contributed by atoms with Crippen molar-refractivity contribution in [2.45, 2.75) is 19.8 Å². The number of aromatic nitrogens is 2. The number of carbonyl (C=O) groups is 1. The zero-order valence-electron chi connectivity index (χ0n) is 16.6. The van der Waals surface area contributed by atoms with Crippen LogP contribution >= 0.6 is 0 Å². The number of rotatable bonds is 4. The van der Waals surface area contributed by atoms with Crippen molar-refractivity contribution in [1.82, 2.24) is 14.9 Å². The Morgan fingerprint density at radius 3 is 2.45 bits per heavy atom. The third kappa shape index (κ3) is 3.37. The van der Waals surface area contributed by atoms with Gasteiger partial charge in [0.1, 0.15) is 12.1 Å². The monoisotopic (exact) mass is 384 g/mol. The van der Waals surface area contributed by atoms with Gasteiger partial charge in [-0.2, -0.15) is 0 Å². The van der Waals surface area contributed by atoms with Crippen LogP contribution in [0.2, 0.25) is 0 Å². The zero-order valence-corrected chi connectivity index (χ0v) is 16.6. The Balaban J connectivity index is 1.54. The maximum absolute atomic E-state index is 12.0. The van der Waals surface area contributed by atoms with Crippen molar-refractivity contribution in [3.63, 3.8) is 0 Å². The maximum Gasteiger partial charge on any atom is 0.222 e. The lowest BCUT2D eigenvalue weighted by atomic mass is 9.95. The summed E-state index contributed by atoms with van der Waals surface area (Å²) in [5.41, 5.74) is 6.07. The Morgan fingerprint density at radius 1 is 1.00 bits per heavy atom. The predicted octanol–water partition coefficient (Wildman–Crippen LogP) is 4.14. The van der Waals surface area contributed by atoms with E-state index < -0.39 is 0 Å². The molecule has 0 atom stereocenters. The standard InChI is InChI=1S/C24H24N4O/c1-2-23(29)27-10-12-28(13-11-27)24-21-14-19(18-8-9-18)20(15-22(21)25-16-26-24)17-6-4-3-5-7-17/h3-8,14-16H,2,9-13H2,1H3. The number of hydrogen-bond donors (Lipinski definition) is 0. The van der Waals surface area contributed by atoms with Gasteiger partial charge >= 0.3 is 0 Å². The topological polar surface area (TPSA) is 49.3 Å². The number of nitrogens with zero attached hydrogens (tertiary/aromatic N) is 4. The van der Waals surface area contributed by atoms with Gasteiger partial charge in [0.25, 0.3) is 0 Å². The van der Waals surface area contributed by atoms with E-state index in [9.17, 15) is 4.79 Å². The fraction of sp³-hybridized carbons (Fsp3) is 0.292. The first-order valence-corrected chi connectivity index (χ1v) is 10.3. The average Bonchev–Trinajstić information content (AvgIpc) is 3.63. The maximum atomic E-state index is 12.0. The molecule has 2 aliphatic rings. The number of allylic oxidation sites excluding steroid dienone is 2. The number of amides is 1. The number of carbonyl (C=O) groups excluding carboxylic acids is 1. The van der Waals surface area contributed by atoms with Crippen molar-refractivity contribution in [1.29, 1.82) is 0 Å². The Hall–Kier alpha value is -3.21. The number of benzene rings is 2. The molecule has 146 valence electrons. The number of anilines is 1. The highest BCUT2D eigenvalue weighted by Crippen LogP contribution is 2.41. The molecule has 1 aromatic heterocycles. The molecule has 2 aromatic carbocycles. The summed E-state index contributed by atoms with van der Waals surface area (Å²) in [4.78, 5) is 25.5. The fourth-order valence-electron chi connectivity index (χ4n) is 4.13. The first kappa shape index (κ1) is 17.9. The summed E-state index contributed by atoms with van der Waals surface area (Å²) in [6.45, 7) is 5.02. The SMILES string of the molecule is CCC(=O)N1CCN(c2ncnc3cc(-c4ccccc4)c(C4=CC4)cc23)CC1. The molecular weight excluding hydrogens is 360 g/mol. The van der Waals surface area contributed by atoms with Crippen molar-refractivity contribution >= 4 is 28.2 Å². The molecule has 1 saturated heterocycles. The highest BCUT2D eigenvalue weighted by Gasteiger charge is 2.24. The summed E-state index contributed by atoms with van der Waals surface area (Å²) >= 11 is 0. The van der Waals surface area contributed by atoms with Crippen molar-refractivity contribution in [2.75, 3.05) is 31.1 Å². The van der Waals surface area contributed by atoms with Gasteiger partial charge in [0, 0.05) is 38.0 Å². The zero-order chi connectivity index (χ0) is 19.8. The van der Waals surface area contributed by atoms with E-state index in [1.165, 1.54) is 22.3 Å². The lowest BCUT2D eigenvalue weighted by Gasteiger charge is -2.35. The van der Waals surface area contributed by atoms with E-state index in [0.717, 1.165) is 49.3 Å². The van der Waals surface area contributed by atoms with E-state index in [4.69, 9.17) is 0 Å². The molecule has 1 aliphatic carbocycles. The minimum absolute atomic E-state index is 0.229. The molecular formula is C24H24N4O. The normalized spacial score (nSPS) is 16.1. The van der Waals surface area contributed by atoms with Gasteiger partial charge in [0.2, 0.25) is 5.91 Å². The third-order valence-electron chi connectivity index (χ3n) is 5.83. The molecule has 1 fully saturated rings. The van der Waals surface area contributed by atoms with Gasteiger partial charge in [-0.15, -0.1) is 0 Å². The van der Waals surface area contributed by atoms with Gasteiger partial charge in [-0.3, -0.25) is 4.79 Å². The molecule has 5 rings (SSSR count). The highest BCUT2D eigenvalue weighted by atomic mass is 16.2. The minimum Gasteiger partial charge on any atom is -0.352 e. The predicted molar refractivity (Wildman–Crippen MR) is 117 cm³/mol. The third-order valence-corrected chi connectivity index (χ3v) is 5.83. The second kappa shape index (κ2) is 7.32. The summed E-state index contributed by atoms with van der Waals surface area (Å²) in [6.07, 6.45) is 5.54. The van der Waals surface area contributed by atoms with Gasteiger partial charge in [-0.25, -0.2) is 9.97 Å². The lowest BCUT2D eigenvalue weighted by molar-refractivity contribution is -0.131. The summed E-state index contributed by atoms with van der Waals surface area (Å²) in [5.74, 6) is 1.20. The van der Waals surface area contributed by atoms with Crippen LogP contribution in [0.3, 0.4) is 0 Å². The molecule has 0 unspecified atom stereocenters. The highest BCUT2D eigenvalue weighted by molar-refractivity contribution is 5.99. The molecule has 0 bridgehead atoms. The van der Waals surface area contributed by atoms with E-state index >= 15 is 0 Å². The molecule has 1 aliphatic heterocycles. The first-order valence-electron chi connectivity index (χ1n) is 10.3. The molecule has 0 radical (unpaired) electrons. The average molecular weight is 384 g/mol. The van der Waals surface area contributed by atoms with Crippen molar-refractivity contribution in [3.8, 4) is 11.1 Å². The van der Waals surface area contributed by atoms with Crippen LogP contribution in [0.25, 0.3) is 27.6 Å². The van der Waals surface area contributed by atoms with Crippen LogP contribution in [0.15, 0.2) is 54.9 Å². The Bertz CT molecular complexity index is 1100. The van der Waals surface area contributed by atoms with Gasteiger partial charge < -0.3 is 9.80 Å². The Kier molecular flexibility index (Phi) is 4.51. The summed E-state index contributed by atoms with van der Waals surface area (Å²) in [7, 11) is 0. The Morgan fingerprint density at radius 2 is 1.76 bits per heavy atom. The van der Waals surface area contributed by atoms with Crippen LogP contribution in [-0.4, -0.2) is 47.0 Å². The number of piperazine rings is 1. The van der Waals surface area contributed by atoms with E-state index in [1.807, 2.05) is 17.9 Å². The molecule has 2 heterocycles. The van der Waals surface area contributed by atoms with Crippen molar-refractivity contribution < 1.29 is 4.79 Å². The fourth-order valence-corrected chi connectivity index (χ4v) is 4.13. The van der Waals surface area contributed by atoms with E-state index in [1.54, 1.807) is 6.33 Å². The van der Waals surface area contributed by atoms with Gasteiger partial charge in [-0.1, -0.05) is 43.3 Å². The van der Waals surface area contributed by atoms with Crippen molar-refractivity contribution in [3.05, 3.63) is 60.4 Å². The second-order valence-corrected chi connectivity index (χ2v) is 7.63. The molecule has 0 saturated carbocycles. The molecule has 0 spiro atoms. The van der Waals surface area contributed by atoms with Crippen LogP contribution in [0.5, 0.6) is 0 Å². The van der Waals surface area contributed by atoms with E-state index in [-0.39, 0.29) is 5.91 Å². The number of fused-ring (bicyclic) bond motifs is 1. The van der Waals surface area contributed by atoms with Crippen LogP contribution in [0.4, 0.5) is 5.82 Å². The Labute approximate surface area is 170 Å². The molecule has 29 heavy (non-hydrogen) atoms. The van der Waals surface area contributed by atoms with Crippen LogP contribution in [0.1, 0.15) is 25.3 Å². The van der Waals surface area contributed by atoms with Crippen LogP contribution in [0, 0.1) is 0 Å². The van der Waals surface area contributed by atoms with E-state index in [0.29, 0.717) is 6.42 Å². The molecule has 3 aromatic rings. The molecule has 5 heteroatoms. The molecule has 0 N–H and O–H groups in total. The van der Waals surface area contributed by atoms with Crippen LogP contribution < -0.4 is 4.90 Å². The van der Waals surface area contributed by atoms with Gasteiger partial charge in [-0.05, 0) is 40.8 Å². The second-order valence-electron chi connectivity index (χ2n) is 7.63. The van der Waals surface area contributed by atoms with E-state index in [2.05, 4.69) is 57.3 Å². The summed E-state index contributed by atoms with van der Waals surface area (Å²) in [6, 6.07) is 15.0. The lowest BCUT2D eigenvalue weighted by Crippen LogP contribution is -2.48. The van der Waals surface area contributed by atoms with Gasteiger partial charge in [0.05, 0.1) is 5.52 Å². The molecule has 5 nitrogen and oxygen atoms in total. The molecule has 1 amide bonds. The largest absolute Gasteiger partial charge is 0.352 e. The van der Waals surface area contributed by atoms with Gasteiger partial charge in [0.15, 0.2) is 0 Å². The minimum atomic E-state index is 0.229. The van der Waals surface area contributed by atoms with Crippen LogP contribution in [-0.2, 0) is 4.79 Å². The summed E-state index contributed by atoms with van der Waals surface area (Å²) < 4.78 is 0. The summed E-state index contributed by atoms with van der Waals surface area (Å²) in [5, 5.41) is 1.09.